The lowest BCUT2D eigenvalue weighted by molar-refractivity contribution is -0.145. The van der Waals surface area contributed by atoms with E-state index in [1.165, 1.54) is 25.5 Å². The van der Waals surface area contributed by atoms with Crippen LogP contribution in [0, 0.1) is 11.3 Å². The number of nitrogens with one attached hydrogen (secondary N) is 3. The molecule has 1 saturated carbocycles. The number of amides is 4. The van der Waals surface area contributed by atoms with Crippen molar-refractivity contribution >= 4 is 46.7 Å². The zero-order chi connectivity index (χ0) is 35.2. The standard InChI is InChI=1S/C35H50ClN5O7/c1-7-11-24(29(43)32(45)37-5)38-31(44)26-19-35(18-25(40-48-35)23-17-22(36)14-15-27(23)47-6)20-41(26)33(46)30(34(2,3)4)39-28(42)16-21-12-9-8-10-13-21/h14-15,17,21,24,26,30H,7-13,16,18-20H2,1-6H3,(H,37,45)(H,38,44)(H,39,42)/t24-,26-,30+,35+/m0/s1. The molecule has 12 nitrogen and oxygen atoms in total. The summed E-state index contributed by atoms with van der Waals surface area (Å²) in [4.78, 5) is 74.5. The molecular weight excluding hydrogens is 638 g/mol. The third kappa shape index (κ3) is 8.67. The van der Waals surface area contributed by atoms with Crippen molar-refractivity contribution in [2.45, 2.75) is 116 Å². The van der Waals surface area contributed by atoms with E-state index < -0.39 is 52.6 Å². The molecule has 4 amide bonds. The number of ether oxygens (including phenoxy) is 1. The minimum absolute atomic E-state index is 0.00666. The van der Waals surface area contributed by atoms with Crippen LogP contribution >= 0.6 is 11.6 Å². The van der Waals surface area contributed by atoms with Gasteiger partial charge in [-0.1, -0.05) is 70.1 Å². The quantitative estimate of drug-likeness (QED) is 0.282. The Kier molecular flexibility index (Phi) is 12.1. The van der Waals surface area contributed by atoms with Crippen LogP contribution in [0.3, 0.4) is 0 Å². The maximum atomic E-state index is 14.5. The molecule has 0 radical (unpaired) electrons. The highest BCUT2D eigenvalue weighted by Crippen LogP contribution is 2.41. The van der Waals surface area contributed by atoms with Crippen LogP contribution in [0.4, 0.5) is 0 Å². The Labute approximate surface area is 288 Å². The van der Waals surface area contributed by atoms with E-state index in [-0.39, 0.29) is 37.6 Å². The fourth-order valence-corrected chi connectivity index (χ4v) is 7.15. The number of methoxy groups -OCH3 is 1. The van der Waals surface area contributed by atoms with Gasteiger partial charge < -0.3 is 30.4 Å². The number of halogens is 1. The van der Waals surface area contributed by atoms with Gasteiger partial charge in [-0.15, -0.1) is 0 Å². The largest absolute Gasteiger partial charge is 0.496 e. The molecule has 0 unspecified atom stereocenters. The molecule has 4 atom stereocenters. The van der Waals surface area contributed by atoms with Crippen molar-refractivity contribution < 1.29 is 33.5 Å². The summed E-state index contributed by atoms with van der Waals surface area (Å²) in [7, 11) is 2.89. The Morgan fingerprint density at radius 3 is 2.46 bits per heavy atom. The predicted molar refractivity (Wildman–Crippen MR) is 182 cm³/mol. The molecule has 1 spiro atoms. The fourth-order valence-electron chi connectivity index (χ4n) is 6.97. The van der Waals surface area contributed by atoms with E-state index in [9.17, 15) is 24.0 Å². The number of hydrogen-bond donors (Lipinski definition) is 3. The second-order valence-electron chi connectivity index (χ2n) is 14.4. The minimum Gasteiger partial charge on any atom is -0.496 e. The molecule has 0 bridgehead atoms. The number of Topliss-reactive ketones (excluding diaryl/α,β-unsaturated/α-hetero) is 1. The van der Waals surface area contributed by atoms with Crippen LogP contribution in [0.15, 0.2) is 23.4 Å². The Morgan fingerprint density at radius 1 is 1.12 bits per heavy atom. The van der Waals surface area contributed by atoms with Crippen molar-refractivity contribution in [1.82, 2.24) is 20.9 Å². The molecule has 1 aliphatic carbocycles. The molecule has 2 aliphatic heterocycles. The molecule has 1 aromatic carbocycles. The van der Waals surface area contributed by atoms with Gasteiger partial charge in [-0.3, -0.25) is 24.0 Å². The Hall–Kier alpha value is -3.67. The Balaban J connectivity index is 1.63. The second kappa shape index (κ2) is 15.7. The zero-order valence-electron chi connectivity index (χ0n) is 28.9. The van der Waals surface area contributed by atoms with Crippen LogP contribution < -0.4 is 20.7 Å². The van der Waals surface area contributed by atoms with Gasteiger partial charge in [0.2, 0.25) is 23.5 Å². The van der Waals surface area contributed by atoms with Crippen molar-refractivity contribution in [3.05, 3.63) is 28.8 Å². The van der Waals surface area contributed by atoms with Crippen molar-refractivity contribution in [3.8, 4) is 5.75 Å². The zero-order valence-corrected chi connectivity index (χ0v) is 29.7. The lowest BCUT2D eigenvalue weighted by atomic mass is 9.84. The molecule has 2 heterocycles. The average molecular weight is 688 g/mol. The summed E-state index contributed by atoms with van der Waals surface area (Å²) in [5.41, 5.74) is -0.577. The molecule has 48 heavy (non-hydrogen) atoms. The van der Waals surface area contributed by atoms with Crippen LogP contribution in [0.1, 0.15) is 97.5 Å². The third-order valence-electron chi connectivity index (χ3n) is 9.58. The van der Waals surface area contributed by atoms with Gasteiger partial charge in [0.1, 0.15) is 17.8 Å². The normalized spacial score (nSPS) is 22.4. The summed E-state index contributed by atoms with van der Waals surface area (Å²) in [6.45, 7) is 7.46. The number of carbonyl (C=O) groups is 5. The van der Waals surface area contributed by atoms with Crippen LogP contribution in [0.5, 0.6) is 5.75 Å². The lowest BCUT2D eigenvalue weighted by Gasteiger charge is -2.36. The maximum Gasteiger partial charge on any atom is 0.289 e. The molecule has 13 heteroatoms. The van der Waals surface area contributed by atoms with E-state index in [2.05, 4.69) is 21.1 Å². The summed E-state index contributed by atoms with van der Waals surface area (Å²) >= 11 is 6.30. The summed E-state index contributed by atoms with van der Waals surface area (Å²) in [6, 6.07) is 2.08. The molecule has 264 valence electrons. The number of benzene rings is 1. The van der Waals surface area contributed by atoms with Crippen molar-refractivity contribution in [1.29, 1.82) is 0 Å². The van der Waals surface area contributed by atoms with E-state index in [0.717, 1.165) is 25.7 Å². The first kappa shape index (κ1) is 37.2. The summed E-state index contributed by atoms with van der Waals surface area (Å²) in [6.07, 6.45) is 6.78. The monoisotopic (exact) mass is 687 g/mol. The number of carbonyl (C=O) groups excluding carboxylic acids is 5. The van der Waals surface area contributed by atoms with E-state index in [4.69, 9.17) is 21.2 Å². The van der Waals surface area contributed by atoms with Gasteiger partial charge in [0.05, 0.1) is 25.4 Å². The first-order valence-corrected chi connectivity index (χ1v) is 17.3. The fraction of sp³-hybridized carbons (Fsp3) is 0.657. The highest BCUT2D eigenvalue weighted by atomic mass is 35.5. The SMILES string of the molecule is CCC[C@H](NC(=O)[C@@H]1C[C@]2(CC(c3cc(Cl)ccc3OC)=NO2)CN1C(=O)[C@@H](NC(=O)CC1CCCCC1)C(C)(C)C)C(=O)C(=O)NC. The van der Waals surface area contributed by atoms with Crippen LogP contribution in [-0.2, 0) is 28.8 Å². The van der Waals surface area contributed by atoms with Gasteiger partial charge >= 0.3 is 0 Å². The molecule has 1 saturated heterocycles. The van der Waals surface area contributed by atoms with Gasteiger partial charge in [0.25, 0.3) is 5.91 Å². The average Bonchev–Trinajstić information content (AvgIpc) is 3.65. The number of nitrogens with zero attached hydrogens (tertiary/aromatic N) is 2. The summed E-state index contributed by atoms with van der Waals surface area (Å²) in [5.74, 6) is -1.97. The first-order valence-electron chi connectivity index (χ1n) is 17.0. The highest BCUT2D eigenvalue weighted by molar-refractivity contribution is 6.38. The molecule has 0 aromatic heterocycles. The van der Waals surface area contributed by atoms with Crippen LogP contribution in [0.2, 0.25) is 5.02 Å². The number of ketones is 1. The molecule has 1 aromatic rings. The molecule has 3 N–H and O–H groups in total. The summed E-state index contributed by atoms with van der Waals surface area (Å²) in [5, 5.41) is 12.9. The molecular formula is C35H50ClN5O7. The van der Waals surface area contributed by atoms with Crippen molar-refractivity contribution in [2.24, 2.45) is 16.5 Å². The minimum atomic E-state index is -1.07. The van der Waals surface area contributed by atoms with Gasteiger partial charge in [-0.2, -0.15) is 0 Å². The molecule has 4 rings (SSSR count). The smallest absolute Gasteiger partial charge is 0.289 e. The number of rotatable bonds is 12. The van der Waals surface area contributed by atoms with Gasteiger partial charge in [0, 0.05) is 36.9 Å². The molecule has 2 fully saturated rings. The van der Waals surface area contributed by atoms with Gasteiger partial charge in [-0.25, -0.2) is 0 Å². The number of oxime groups is 1. The predicted octanol–water partition coefficient (Wildman–Crippen LogP) is 3.91. The van der Waals surface area contributed by atoms with Crippen molar-refractivity contribution in [3.63, 3.8) is 0 Å². The van der Waals surface area contributed by atoms with E-state index in [1.54, 1.807) is 18.2 Å². The lowest BCUT2D eigenvalue weighted by Crippen LogP contribution is -2.59. The Bertz CT molecular complexity index is 1420. The van der Waals surface area contributed by atoms with Gasteiger partial charge in [-0.05, 0) is 48.8 Å². The van der Waals surface area contributed by atoms with Crippen molar-refractivity contribution in [2.75, 3.05) is 20.7 Å². The van der Waals surface area contributed by atoms with Crippen LogP contribution in [-0.4, -0.2) is 84.5 Å². The van der Waals surface area contributed by atoms with Crippen LogP contribution in [0.25, 0.3) is 0 Å². The number of likely N-dealkylation sites (N-methyl/N-ethyl adjacent to an activating group) is 1. The molecule has 3 aliphatic rings. The summed E-state index contributed by atoms with van der Waals surface area (Å²) < 4.78 is 5.53. The van der Waals surface area contributed by atoms with E-state index in [1.807, 2.05) is 27.7 Å². The highest BCUT2D eigenvalue weighted by Gasteiger charge is 2.56. The topological polar surface area (TPSA) is 156 Å². The number of likely N-dealkylation sites (tertiary alicyclic amines) is 1. The third-order valence-corrected chi connectivity index (χ3v) is 9.81. The first-order chi connectivity index (χ1) is 22.7. The Morgan fingerprint density at radius 2 is 1.83 bits per heavy atom. The second-order valence-corrected chi connectivity index (χ2v) is 14.8. The maximum absolute atomic E-state index is 14.5. The van der Waals surface area contributed by atoms with E-state index in [0.29, 0.717) is 34.9 Å². The van der Waals surface area contributed by atoms with E-state index >= 15 is 0 Å². The van der Waals surface area contributed by atoms with Gasteiger partial charge in [0.15, 0.2) is 5.60 Å². The number of hydrogen-bond acceptors (Lipinski definition) is 8.